The molecule has 18 heavy (non-hydrogen) atoms. The number of anilines is 1. The summed E-state index contributed by atoms with van der Waals surface area (Å²) in [6.45, 7) is -0.195. The van der Waals surface area contributed by atoms with E-state index < -0.39 is 22.0 Å². The van der Waals surface area contributed by atoms with Crippen LogP contribution in [0.25, 0.3) is 0 Å². The summed E-state index contributed by atoms with van der Waals surface area (Å²) in [7, 11) is -2.74. The molecule has 1 aromatic rings. The Morgan fingerprint density at radius 3 is 2.61 bits per heavy atom. The van der Waals surface area contributed by atoms with Crippen LogP contribution in [0.3, 0.4) is 0 Å². The van der Waals surface area contributed by atoms with Gasteiger partial charge in [0.15, 0.2) is 0 Å². The molecule has 0 aliphatic carbocycles. The van der Waals surface area contributed by atoms with Crippen LogP contribution in [0.5, 0.6) is 0 Å². The standard InChI is InChI=1S/C10H13FN2O4S/c1-13(7-6-10(14)15)18(16,17)12-9-5-3-2-4-8(9)11/h2-5,12H,6-7H2,1H3,(H,14,15). The summed E-state index contributed by atoms with van der Waals surface area (Å²) < 4.78 is 39.6. The molecule has 0 atom stereocenters. The van der Waals surface area contributed by atoms with E-state index >= 15 is 0 Å². The molecule has 1 rings (SSSR count). The lowest BCUT2D eigenvalue weighted by Crippen LogP contribution is -2.34. The number of halogens is 1. The first-order chi connectivity index (χ1) is 8.33. The van der Waals surface area contributed by atoms with Gasteiger partial charge in [-0.25, -0.2) is 4.39 Å². The number of benzene rings is 1. The summed E-state index contributed by atoms with van der Waals surface area (Å²) in [4.78, 5) is 10.3. The van der Waals surface area contributed by atoms with Gasteiger partial charge in [0.1, 0.15) is 5.82 Å². The van der Waals surface area contributed by atoms with Gasteiger partial charge in [-0.3, -0.25) is 9.52 Å². The number of hydrogen-bond donors (Lipinski definition) is 2. The number of nitrogens with one attached hydrogen (secondary N) is 1. The molecule has 0 amide bonds. The van der Waals surface area contributed by atoms with Crippen molar-refractivity contribution in [2.24, 2.45) is 0 Å². The number of nitrogens with zero attached hydrogens (tertiary/aromatic N) is 1. The average Bonchev–Trinajstić information content (AvgIpc) is 2.28. The van der Waals surface area contributed by atoms with Gasteiger partial charge in [0.05, 0.1) is 12.1 Å². The highest BCUT2D eigenvalue weighted by molar-refractivity contribution is 7.90. The summed E-state index contributed by atoms with van der Waals surface area (Å²) in [5, 5.41) is 8.46. The van der Waals surface area contributed by atoms with E-state index in [0.29, 0.717) is 0 Å². The molecule has 0 heterocycles. The zero-order valence-electron chi connectivity index (χ0n) is 9.63. The summed E-state index contributed by atoms with van der Waals surface area (Å²) in [5.74, 6) is -1.81. The second kappa shape index (κ2) is 5.78. The Hall–Kier alpha value is -1.67. The first-order valence-corrected chi connectivity index (χ1v) is 6.47. The molecule has 0 radical (unpaired) electrons. The van der Waals surface area contributed by atoms with Gasteiger partial charge in [-0.1, -0.05) is 12.1 Å². The molecule has 0 saturated heterocycles. The molecule has 0 aliphatic heterocycles. The van der Waals surface area contributed by atoms with Gasteiger partial charge in [-0.2, -0.15) is 12.7 Å². The van der Waals surface area contributed by atoms with E-state index in [1.54, 1.807) is 0 Å². The number of carboxylic acid groups (broad SMARTS) is 1. The van der Waals surface area contributed by atoms with Crippen LogP contribution in [0.15, 0.2) is 24.3 Å². The molecule has 1 aromatic carbocycles. The maximum Gasteiger partial charge on any atom is 0.304 e. The highest BCUT2D eigenvalue weighted by atomic mass is 32.2. The lowest BCUT2D eigenvalue weighted by molar-refractivity contribution is -0.137. The Kier molecular flexibility index (Phi) is 4.62. The van der Waals surface area contributed by atoms with E-state index in [9.17, 15) is 17.6 Å². The van der Waals surface area contributed by atoms with Gasteiger partial charge in [-0.05, 0) is 12.1 Å². The van der Waals surface area contributed by atoms with E-state index in [0.717, 1.165) is 10.4 Å². The van der Waals surface area contributed by atoms with E-state index in [1.807, 2.05) is 4.72 Å². The molecular formula is C10H13FN2O4S. The van der Waals surface area contributed by atoms with Crippen LogP contribution in [-0.2, 0) is 15.0 Å². The summed E-state index contributed by atoms with van der Waals surface area (Å²) >= 11 is 0. The number of rotatable bonds is 6. The number of aliphatic carboxylic acids is 1. The third kappa shape index (κ3) is 3.97. The van der Waals surface area contributed by atoms with Gasteiger partial charge in [-0.15, -0.1) is 0 Å². The van der Waals surface area contributed by atoms with E-state index in [1.165, 1.54) is 25.2 Å². The van der Waals surface area contributed by atoms with E-state index in [4.69, 9.17) is 5.11 Å². The average molecular weight is 276 g/mol. The first kappa shape index (κ1) is 14.4. The second-order valence-electron chi connectivity index (χ2n) is 3.55. The van der Waals surface area contributed by atoms with Crippen LogP contribution in [-0.4, -0.2) is 37.4 Å². The molecule has 0 aliphatic rings. The predicted octanol–water partition coefficient (Wildman–Crippen LogP) is 0.889. The van der Waals surface area contributed by atoms with Crippen molar-refractivity contribution in [3.63, 3.8) is 0 Å². The van der Waals surface area contributed by atoms with Crippen molar-refractivity contribution in [1.29, 1.82) is 0 Å². The van der Waals surface area contributed by atoms with Gasteiger partial charge < -0.3 is 5.11 Å². The van der Waals surface area contributed by atoms with Crippen molar-refractivity contribution >= 4 is 21.9 Å². The van der Waals surface area contributed by atoms with Gasteiger partial charge >= 0.3 is 16.2 Å². The smallest absolute Gasteiger partial charge is 0.304 e. The van der Waals surface area contributed by atoms with Crippen LogP contribution in [0, 0.1) is 5.82 Å². The Morgan fingerprint density at radius 2 is 2.06 bits per heavy atom. The van der Waals surface area contributed by atoms with Gasteiger partial charge in [0, 0.05) is 13.6 Å². The third-order valence-corrected chi connectivity index (χ3v) is 3.64. The molecule has 0 fully saturated rings. The fourth-order valence-corrected chi connectivity index (χ4v) is 2.07. The van der Waals surface area contributed by atoms with E-state index in [2.05, 4.69) is 0 Å². The largest absolute Gasteiger partial charge is 0.481 e. The Labute approximate surface area is 104 Å². The Balaban J connectivity index is 2.76. The normalized spacial score (nSPS) is 11.5. The molecule has 0 spiro atoms. The van der Waals surface area contributed by atoms with Crippen LogP contribution < -0.4 is 4.72 Å². The molecule has 0 bridgehead atoms. The summed E-state index contributed by atoms with van der Waals surface area (Å²) in [5.41, 5.74) is -0.181. The Bertz CT molecular complexity index is 532. The SMILES string of the molecule is CN(CCC(=O)O)S(=O)(=O)Nc1ccccc1F. The highest BCUT2D eigenvalue weighted by Gasteiger charge is 2.19. The van der Waals surface area contributed by atoms with Crippen LogP contribution in [0.2, 0.25) is 0 Å². The zero-order valence-corrected chi connectivity index (χ0v) is 10.4. The van der Waals surface area contributed by atoms with Crippen LogP contribution in [0.1, 0.15) is 6.42 Å². The number of hydrogen-bond acceptors (Lipinski definition) is 3. The Morgan fingerprint density at radius 1 is 1.44 bits per heavy atom. The summed E-state index contributed by atoms with van der Waals surface area (Å²) in [6, 6.07) is 5.31. The molecule has 0 aromatic heterocycles. The minimum Gasteiger partial charge on any atom is -0.481 e. The third-order valence-electron chi connectivity index (χ3n) is 2.16. The maximum atomic E-state index is 13.3. The lowest BCUT2D eigenvalue weighted by atomic mass is 10.3. The van der Waals surface area contributed by atoms with Gasteiger partial charge in [0.25, 0.3) is 0 Å². The molecule has 2 N–H and O–H groups in total. The van der Waals surface area contributed by atoms with Crippen molar-refractivity contribution in [3.8, 4) is 0 Å². The molecule has 100 valence electrons. The highest BCUT2D eigenvalue weighted by Crippen LogP contribution is 2.15. The molecular weight excluding hydrogens is 263 g/mol. The van der Waals surface area contributed by atoms with Gasteiger partial charge in [0.2, 0.25) is 0 Å². The van der Waals surface area contributed by atoms with E-state index in [-0.39, 0.29) is 18.7 Å². The maximum absolute atomic E-state index is 13.3. The van der Waals surface area contributed by atoms with Crippen molar-refractivity contribution in [3.05, 3.63) is 30.1 Å². The lowest BCUT2D eigenvalue weighted by Gasteiger charge is -2.17. The summed E-state index contributed by atoms with van der Waals surface area (Å²) in [6.07, 6.45) is -0.325. The number of carbonyl (C=O) groups is 1. The zero-order chi connectivity index (χ0) is 13.8. The number of para-hydroxylation sites is 1. The van der Waals surface area contributed by atoms with Crippen molar-refractivity contribution < 1.29 is 22.7 Å². The van der Waals surface area contributed by atoms with Crippen molar-refractivity contribution in [2.45, 2.75) is 6.42 Å². The van der Waals surface area contributed by atoms with Crippen LogP contribution >= 0.6 is 0 Å². The minimum absolute atomic E-state index is 0.181. The second-order valence-corrected chi connectivity index (χ2v) is 5.33. The molecule has 0 unspecified atom stereocenters. The van der Waals surface area contributed by atoms with Crippen molar-refractivity contribution in [2.75, 3.05) is 18.3 Å². The molecule has 0 saturated carbocycles. The monoisotopic (exact) mass is 276 g/mol. The number of carboxylic acids is 1. The molecule has 6 nitrogen and oxygen atoms in total. The first-order valence-electron chi connectivity index (χ1n) is 5.03. The quantitative estimate of drug-likeness (QED) is 0.807. The fourth-order valence-electron chi connectivity index (χ4n) is 1.13. The minimum atomic E-state index is -3.95. The van der Waals surface area contributed by atoms with Crippen molar-refractivity contribution in [1.82, 2.24) is 4.31 Å². The van der Waals surface area contributed by atoms with Crippen LogP contribution in [0.4, 0.5) is 10.1 Å². The topological polar surface area (TPSA) is 86.7 Å². The predicted molar refractivity (Wildman–Crippen MR) is 63.8 cm³/mol. The fraction of sp³-hybridized carbons (Fsp3) is 0.300. The molecule has 8 heteroatoms.